The number of aromatic nitrogens is 1. The maximum atomic E-state index is 11.5. The fourth-order valence-electron chi connectivity index (χ4n) is 1.24. The van der Waals surface area contributed by atoms with Crippen molar-refractivity contribution in [2.45, 2.75) is 40.2 Å². The van der Waals surface area contributed by atoms with Crippen molar-refractivity contribution in [2.75, 3.05) is 4.90 Å². The van der Waals surface area contributed by atoms with Gasteiger partial charge < -0.3 is 5.11 Å². The van der Waals surface area contributed by atoms with Gasteiger partial charge in [-0.05, 0) is 35.2 Å². The van der Waals surface area contributed by atoms with E-state index in [1.165, 1.54) is 16.2 Å². The molecule has 0 aromatic carbocycles. The van der Waals surface area contributed by atoms with E-state index < -0.39 is 11.6 Å². The Morgan fingerprint density at radius 3 is 2.24 bits per heavy atom. The number of hydrogen-bond donors (Lipinski definition) is 1. The van der Waals surface area contributed by atoms with Gasteiger partial charge in [-0.3, -0.25) is 0 Å². The highest BCUT2D eigenvalue weighted by atomic mass is 79.9. The zero-order valence-electron chi connectivity index (χ0n) is 10.6. The van der Waals surface area contributed by atoms with Crippen molar-refractivity contribution in [2.24, 2.45) is 5.41 Å². The van der Waals surface area contributed by atoms with Crippen LogP contribution in [0.5, 0.6) is 0 Å². The molecule has 0 spiro atoms. The quantitative estimate of drug-likeness (QED) is 0.887. The largest absolute Gasteiger partial charge is 0.465 e. The molecule has 0 aliphatic rings. The van der Waals surface area contributed by atoms with E-state index in [0.29, 0.717) is 5.13 Å². The molecule has 1 heterocycles. The first-order chi connectivity index (χ1) is 7.57. The second-order valence-corrected chi connectivity index (χ2v) is 7.76. The van der Waals surface area contributed by atoms with Crippen LogP contribution in [0.15, 0.2) is 9.98 Å². The van der Waals surface area contributed by atoms with Gasteiger partial charge in [0.2, 0.25) is 0 Å². The Hall–Kier alpha value is -0.620. The van der Waals surface area contributed by atoms with Crippen LogP contribution in [0.25, 0.3) is 0 Å². The predicted molar refractivity (Wildman–Crippen MR) is 73.9 cm³/mol. The van der Waals surface area contributed by atoms with Gasteiger partial charge in [-0.15, -0.1) is 0 Å². The van der Waals surface area contributed by atoms with Gasteiger partial charge in [-0.2, -0.15) is 0 Å². The van der Waals surface area contributed by atoms with Crippen molar-refractivity contribution in [3.8, 4) is 0 Å². The van der Waals surface area contributed by atoms with Crippen LogP contribution < -0.4 is 4.90 Å². The molecule has 17 heavy (non-hydrogen) atoms. The average molecular weight is 321 g/mol. The van der Waals surface area contributed by atoms with E-state index in [1.54, 1.807) is 6.20 Å². The molecule has 0 saturated heterocycles. The van der Waals surface area contributed by atoms with Crippen molar-refractivity contribution in [3.63, 3.8) is 0 Å². The summed E-state index contributed by atoms with van der Waals surface area (Å²) in [7, 11) is 0. The van der Waals surface area contributed by atoms with Crippen LogP contribution in [0, 0.1) is 5.41 Å². The summed E-state index contributed by atoms with van der Waals surface area (Å²) in [6.45, 7) is 9.88. The minimum Gasteiger partial charge on any atom is -0.465 e. The maximum absolute atomic E-state index is 11.5. The molecule has 0 saturated carbocycles. The van der Waals surface area contributed by atoms with Gasteiger partial charge >= 0.3 is 6.09 Å². The summed E-state index contributed by atoms with van der Waals surface area (Å²) in [4.78, 5) is 16.9. The maximum Gasteiger partial charge on any atom is 0.414 e. The third-order valence-electron chi connectivity index (χ3n) is 3.24. The fourth-order valence-corrected chi connectivity index (χ4v) is 2.56. The second kappa shape index (κ2) is 4.57. The van der Waals surface area contributed by atoms with Gasteiger partial charge in [0.1, 0.15) is 0 Å². The lowest BCUT2D eigenvalue weighted by Crippen LogP contribution is -2.55. The molecular weight excluding hydrogens is 304 g/mol. The Kier molecular flexibility index (Phi) is 3.88. The Morgan fingerprint density at radius 1 is 1.41 bits per heavy atom. The van der Waals surface area contributed by atoms with E-state index in [9.17, 15) is 9.90 Å². The lowest BCUT2D eigenvalue weighted by Gasteiger charge is -2.44. The third-order valence-corrected chi connectivity index (χ3v) is 4.70. The number of rotatable bonds is 2. The molecule has 1 N–H and O–H groups in total. The van der Waals surface area contributed by atoms with Gasteiger partial charge in [0.25, 0.3) is 0 Å². The summed E-state index contributed by atoms with van der Waals surface area (Å²) < 4.78 is 0.823. The summed E-state index contributed by atoms with van der Waals surface area (Å²) in [6, 6.07) is 0. The zero-order chi connectivity index (χ0) is 13.4. The highest BCUT2D eigenvalue weighted by molar-refractivity contribution is 9.11. The Bertz CT molecular complexity index is 423. The molecule has 0 atom stereocenters. The number of hydrogen-bond acceptors (Lipinski definition) is 3. The molecule has 1 amide bonds. The molecule has 0 fully saturated rings. The van der Waals surface area contributed by atoms with E-state index in [0.717, 1.165) is 3.79 Å². The van der Waals surface area contributed by atoms with Crippen LogP contribution in [-0.2, 0) is 0 Å². The van der Waals surface area contributed by atoms with Crippen LogP contribution in [0.3, 0.4) is 0 Å². The second-order valence-electron chi connectivity index (χ2n) is 5.37. The molecule has 1 aromatic heterocycles. The van der Waals surface area contributed by atoms with E-state index >= 15 is 0 Å². The van der Waals surface area contributed by atoms with E-state index in [4.69, 9.17) is 0 Å². The van der Waals surface area contributed by atoms with E-state index in [2.05, 4.69) is 20.9 Å². The zero-order valence-corrected chi connectivity index (χ0v) is 13.0. The number of nitrogens with zero attached hydrogens (tertiary/aromatic N) is 2. The first kappa shape index (κ1) is 14.4. The summed E-state index contributed by atoms with van der Waals surface area (Å²) in [5.74, 6) is 0. The van der Waals surface area contributed by atoms with E-state index in [1.807, 2.05) is 34.6 Å². The van der Waals surface area contributed by atoms with Gasteiger partial charge in [0, 0.05) is 0 Å². The molecule has 0 bridgehead atoms. The average Bonchev–Trinajstić information content (AvgIpc) is 2.48. The molecule has 6 heteroatoms. The SMILES string of the molecule is CC(C)(C)C(C)(C)N(C(=O)O)c1ncc(Br)s1. The van der Waals surface area contributed by atoms with Crippen LogP contribution in [0.1, 0.15) is 34.6 Å². The highest BCUT2D eigenvalue weighted by Crippen LogP contribution is 2.40. The Labute approximate surface area is 114 Å². The van der Waals surface area contributed by atoms with Crippen LogP contribution >= 0.6 is 27.3 Å². The molecule has 0 unspecified atom stereocenters. The molecule has 96 valence electrons. The number of anilines is 1. The lowest BCUT2D eigenvalue weighted by molar-refractivity contribution is 0.167. The summed E-state index contributed by atoms with van der Waals surface area (Å²) in [5.41, 5.74) is -0.736. The Balaban J connectivity index is 3.24. The molecule has 0 aliphatic heterocycles. The van der Waals surface area contributed by atoms with Gasteiger partial charge in [-0.25, -0.2) is 14.7 Å². The number of thiazole rings is 1. The van der Waals surface area contributed by atoms with E-state index in [-0.39, 0.29) is 5.41 Å². The van der Waals surface area contributed by atoms with Crippen molar-refractivity contribution in [3.05, 3.63) is 9.98 Å². The summed E-state index contributed by atoms with van der Waals surface area (Å²) in [5, 5.41) is 9.90. The minimum absolute atomic E-state index is 0.191. The molecule has 1 aromatic rings. The van der Waals surface area contributed by atoms with Crippen molar-refractivity contribution in [1.29, 1.82) is 0 Å². The summed E-state index contributed by atoms with van der Waals surface area (Å²) >= 11 is 4.62. The third kappa shape index (κ3) is 2.80. The molecule has 4 nitrogen and oxygen atoms in total. The van der Waals surface area contributed by atoms with Crippen molar-refractivity contribution >= 4 is 38.5 Å². The topological polar surface area (TPSA) is 53.4 Å². The Morgan fingerprint density at radius 2 is 1.94 bits per heavy atom. The van der Waals surface area contributed by atoms with Crippen LogP contribution in [-0.4, -0.2) is 21.7 Å². The molecule has 0 aliphatic carbocycles. The van der Waals surface area contributed by atoms with Crippen LogP contribution in [0.4, 0.5) is 9.93 Å². The van der Waals surface area contributed by atoms with Gasteiger partial charge in [0.15, 0.2) is 5.13 Å². The number of amides is 1. The first-order valence-corrected chi connectivity index (χ1v) is 6.83. The fraction of sp³-hybridized carbons (Fsp3) is 0.636. The molecule has 1 rings (SSSR count). The van der Waals surface area contributed by atoms with Crippen molar-refractivity contribution < 1.29 is 9.90 Å². The summed E-state index contributed by atoms with van der Waals surface area (Å²) in [6.07, 6.45) is 0.640. The standard InChI is InChI=1S/C11H17BrN2O2S/c1-10(2,3)11(4,5)14(9(15)16)8-13-6-7(12)17-8/h6H,1-5H3,(H,15,16). The van der Waals surface area contributed by atoms with Crippen molar-refractivity contribution in [1.82, 2.24) is 4.98 Å². The number of halogens is 1. The predicted octanol–water partition coefficient (Wildman–Crippen LogP) is 4.21. The van der Waals surface area contributed by atoms with Gasteiger partial charge in [0.05, 0.1) is 15.5 Å². The molecular formula is C11H17BrN2O2S. The number of carbonyl (C=O) groups is 1. The smallest absolute Gasteiger partial charge is 0.414 e. The minimum atomic E-state index is -0.980. The lowest BCUT2D eigenvalue weighted by atomic mass is 9.75. The first-order valence-electron chi connectivity index (χ1n) is 5.22. The normalized spacial score (nSPS) is 12.6. The number of carboxylic acid groups (broad SMARTS) is 1. The van der Waals surface area contributed by atoms with Gasteiger partial charge in [-0.1, -0.05) is 32.1 Å². The van der Waals surface area contributed by atoms with Crippen LogP contribution in [0.2, 0.25) is 0 Å². The monoisotopic (exact) mass is 320 g/mol. The molecule has 0 radical (unpaired) electrons. The highest BCUT2D eigenvalue weighted by Gasteiger charge is 2.43.